The van der Waals surface area contributed by atoms with Crippen LogP contribution in [0.4, 0.5) is 13.2 Å². The number of rotatable bonds is 3. The molecule has 0 saturated heterocycles. The summed E-state index contributed by atoms with van der Waals surface area (Å²) in [7, 11) is 1.52. The van der Waals surface area contributed by atoms with Crippen LogP contribution in [0.5, 0.6) is 5.75 Å². The van der Waals surface area contributed by atoms with Crippen LogP contribution in [0, 0.1) is 23.4 Å². The van der Waals surface area contributed by atoms with Gasteiger partial charge in [-0.1, -0.05) is 18.2 Å². The molecule has 2 aliphatic rings. The number of hydrogen-bond donors (Lipinski definition) is 3. The number of fused-ring (bicyclic) bond motifs is 1. The Balaban J connectivity index is 1.57. The number of hydrogen-bond acceptors (Lipinski definition) is 5. The van der Waals surface area contributed by atoms with Crippen molar-refractivity contribution in [3.05, 3.63) is 65.0 Å². The Kier molecular flexibility index (Phi) is 9.67. The van der Waals surface area contributed by atoms with Crippen molar-refractivity contribution in [1.82, 2.24) is 20.9 Å². The molecular weight excluding hydrogens is 525 g/mol. The van der Waals surface area contributed by atoms with Gasteiger partial charge in [0, 0.05) is 26.6 Å². The Morgan fingerprint density at radius 1 is 1.00 bits per heavy atom. The number of ether oxygens (including phenoxy) is 1. The largest absolute Gasteiger partial charge is 0.492 e. The van der Waals surface area contributed by atoms with Crippen LogP contribution in [-0.4, -0.2) is 67.5 Å². The lowest BCUT2D eigenvalue weighted by molar-refractivity contribution is -0.141. The number of carbonyl (C=O) groups is 3. The van der Waals surface area contributed by atoms with E-state index in [2.05, 4.69) is 16.0 Å². The second kappa shape index (κ2) is 13.2. The molecule has 3 amide bonds. The number of para-hydroxylation sites is 1. The minimum atomic E-state index is -1.61. The van der Waals surface area contributed by atoms with E-state index in [-0.39, 0.29) is 30.4 Å². The lowest BCUT2D eigenvalue weighted by Gasteiger charge is -2.30. The Morgan fingerprint density at radius 2 is 1.70 bits per heavy atom. The zero-order chi connectivity index (χ0) is 28.8. The minimum absolute atomic E-state index is 0.000138. The zero-order valence-electron chi connectivity index (χ0n) is 22.6. The number of likely N-dealkylation sites (N-methyl/N-ethyl adjacent to an activating group) is 1. The monoisotopic (exact) mass is 560 g/mol. The van der Waals surface area contributed by atoms with Crippen LogP contribution in [-0.2, 0) is 27.2 Å². The fraction of sp³-hybridized carbons (Fsp3) is 0.483. The summed E-state index contributed by atoms with van der Waals surface area (Å²) in [6, 6.07) is 6.55. The first-order chi connectivity index (χ1) is 19.2. The molecule has 8 nitrogen and oxygen atoms in total. The van der Waals surface area contributed by atoms with Crippen molar-refractivity contribution in [2.45, 2.75) is 57.2 Å². The van der Waals surface area contributed by atoms with E-state index in [0.29, 0.717) is 26.0 Å². The predicted octanol–water partition coefficient (Wildman–Crippen LogP) is 2.49. The summed E-state index contributed by atoms with van der Waals surface area (Å²) in [6.07, 6.45) is 2.70. The number of nitrogens with zero attached hydrogens (tertiary/aromatic N) is 1. The summed E-state index contributed by atoms with van der Waals surface area (Å²) in [5.74, 6) is -4.93. The number of benzene rings is 2. The first kappa shape index (κ1) is 29.4. The average Bonchev–Trinajstić information content (AvgIpc) is 3.77. The number of carbonyl (C=O) groups excluding carboxylic acids is 3. The third kappa shape index (κ3) is 7.32. The van der Waals surface area contributed by atoms with Crippen molar-refractivity contribution in [1.29, 1.82) is 0 Å². The van der Waals surface area contributed by atoms with Crippen LogP contribution >= 0.6 is 0 Å². The second-order valence-corrected chi connectivity index (χ2v) is 10.4. The lowest BCUT2D eigenvalue weighted by atomic mass is 10.0. The van der Waals surface area contributed by atoms with E-state index >= 15 is 0 Å². The fourth-order valence-electron chi connectivity index (χ4n) is 4.77. The van der Waals surface area contributed by atoms with Crippen LogP contribution in [0.1, 0.15) is 37.3 Å². The molecule has 1 aliphatic carbocycles. The molecule has 4 rings (SSSR count). The molecule has 2 aromatic carbocycles. The van der Waals surface area contributed by atoms with Gasteiger partial charge in [0.1, 0.15) is 24.4 Å². The van der Waals surface area contributed by atoms with Crippen molar-refractivity contribution in [2.75, 3.05) is 26.7 Å². The average molecular weight is 561 g/mol. The van der Waals surface area contributed by atoms with Gasteiger partial charge in [-0.05, 0) is 67.9 Å². The summed E-state index contributed by atoms with van der Waals surface area (Å²) in [5, 5.41) is 8.67. The molecule has 1 fully saturated rings. The van der Waals surface area contributed by atoms with E-state index in [1.165, 1.54) is 11.9 Å². The van der Waals surface area contributed by atoms with Crippen molar-refractivity contribution in [3.63, 3.8) is 0 Å². The molecule has 40 heavy (non-hydrogen) atoms. The van der Waals surface area contributed by atoms with Crippen LogP contribution in [0.15, 0.2) is 36.4 Å². The number of amides is 3. The van der Waals surface area contributed by atoms with E-state index in [9.17, 15) is 27.6 Å². The van der Waals surface area contributed by atoms with Crippen molar-refractivity contribution in [2.24, 2.45) is 5.92 Å². The molecule has 0 unspecified atom stereocenters. The van der Waals surface area contributed by atoms with E-state index in [1.54, 1.807) is 6.92 Å². The SMILES string of the molecule is C[C@@H]1C(=O)N[C@H](Cc2cc(F)c(F)c(F)c2)C(=O)NCCCc2ccccc2OCCN[C@@H](C2CC2)C(=O)N1C. The molecule has 0 bridgehead atoms. The molecule has 216 valence electrons. The first-order valence-corrected chi connectivity index (χ1v) is 13.6. The molecular formula is C29H35F3N4O4. The van der Waals surface area contributed by atoms with Gasteiger partial charge in [0.15, 0.2) is 17.5 Å². The molecule has 1 aliphatic heterocycles. The first-order valence-electron chi connectivity index (χ1n) is 13.6. The smallest absolute Gasteiger partial charge is 0.243 e. The Hall–Kier alpha value is -3.60. The van der Waals surface area contributed by atoms with Crippen molar-refractivity contribution in [3.8, 4) is 5.75 Å². The summed E-state index contributed by atoms with van der Waals surface area (Å²) in [6.45, 7) is 2.61. The summed E-state index contributed by atoms with van der Waals surface area (Å²) in [4.78, 5) is 41.0. The van der Waals surface area contributed by atoms with Crippen LogP contribution in [0.25, 0.3) is 0 Å². The number of nitrogens with one attached hydrogen (secondary N) is 3. The van der Waals surface area contributed by atoms with Gasteiger partial charge in [-0.25, -0.2) is 13.2 Å². The maximum absolute atomic E-state index is 13.9. The maximum Gasteiger partial charge on any atom is 0.243 e. The Labute approximate surface area is 231 Å². The second-order valence-electron chi connectivity index (χ2n) is 10.4. The van der Waals surface area contributed by atoms with Gasteiger partial charge in [-0.15, -0.1) is 0 Å². The highest BCUT2D eigenvalue weighted by Crippen LogP contribution is 2.33. The highest BCUT2D eigenvalue weighted by Gasteiger charge is 2.39. The molecule has 1 heterocycles. The van der Waals surface area contributed by atoms with E-state index in [4.69, 9.17) is 4.74 Å². The van der Waals surface area contributed by atoms with E-state index < -0.39 is 47.4 Å². The Morgan fingerprint density at radius 3 is 2.40 bits per heavy atom. The van der Waals surface area contributed by atoms with E-state index in [0.717, 1.165) is 36.3 Å². The molecule has 1 saturated carbocycles. The molecule has 3 atom stereocenters. The standard InChI is InChI=1S/C29H35F3N4O4/c1-17-27(37)35-23(16-18-14-21(30)25(32)22(31)15-18)28(38)34-11-5-7-19-6-3-4-8-24(19)40-13-12-33-26(20-9-10-20)29(39)36(17)2/h3-4,6,8,14-15,17,20,23,26,33H,5,7,9-13,16H2,1-2H3,(H,34,38)(H,35,37)/t17-,23-,26+/m1/s1. The molecule has 0 spiro atoms. The predicted molar refractivity (Wildman–Crippen MR) is 142 cm³/mol. The third-order valence-electron chi connectivity index (χ3n) is 7.40. The van der Waals surface area contributed by atoms with Gasteiger partial charge in [-0.2, -0.15) is 0 Å². The molecule has 2 aromatic rings. The van der Waals surface area contributed by atoms with Gasteiger partial charge in [0.2, 0.25) is 17.7 Å². The normalized spacial score (nSPS) is 23.8. The van der Waals surface area contributed by atoms with Gasteiger partial charge in [0.05, 0.1) is 6.04 Å². The van der Waals surface area contributed by atoms with Gasteiger partial charge < -0.3 is 25.6 Å². The van der Waals surface area contributed by atoms with Crippen LogP contribution in [0.2, 0.25) is 0 Å². The molecule has 0 aromatic heterocycles. The van der Waals surface area contributed by atoms with Crippen LogP contribution < -0.4 is 20.7 Å². The summed E-state index contributed by atoms with van der Waals surface area (Å²) in [5.41, 5.74) is 0.962. The van der Waals surface area contributed by atoms with Gasteiger partial charge in [0.25, 0.3) is 0 Å². The summed E-state index contributed by atoms with van der Waals surface area (Å²) < 4.78 is 47.2. The fourth-order valence-corrected chi connectivity index (χ4v) is 4.77. The van der Waals surface area contributed by atoms with Crippen molar-refractivity contribution < 1.29 is 32.3 Å². The minimum Gasteiger partial charge on any atom is -0.492 e. The summed E-state index contributed by atoms with van der Waals surface area (Å²) >= 11 is 0. The molecule has 11 heteroatoms. The maximum atomic E-state index is 13.9. The quantitative estimate of drug-likeness (QED) is 0.501. The zero-order valence-corrected chi connectivity index (χ0v) is 22.6. The number of halogens is 3. The topological polar surface area (TPSA) is 99.8 Å². The van der Waals surface area contributed by atoms with Crippen molar-refractivity contribution >= 4 is 17.7 Å². The Bertz CT molecular complexity index is 1220. The lowest BCUT2D eigenvalue weighted by Crippen LogP contribution is -2.56. The van der Waals surface area contributed by atoms with Crippen LogP contribution in [0.3, 0.4) is 0 Å². The highest BCUT2D eigenvalue weighted by atomic mass is 19.2. The van der Waals surface area contributed by atoms with E-state index in [1.807, 2.05) is 24.3 Å². The number of aryl methyl sites for hydroxylation is 1. The molecule has 3 N–H and O–H groups in total. The molecule has 0 radical (unpaired) electrons. The highest BCUT2D eigenvalue weighted by molar-refractivity contribution is 5.93. The van der Waals surface area contributed by atoms with Gasteiger partial charge in [-0.3, -0.25) is 14.4 Å². The third-order valence-corrected chi connectivity index (χ3v) is 7.40. The van der Waals surface area contributed by atoms with Gasteiger partial charge >= 0.3 is 0 Å².